The zero-order valence-corrected chi connectivity index (χ0v) is 14.7. The second-order valence-corrected chi connectivity index (χ2v) is 7.28. The molecule has 0 aliphatic carbocycles. The molecule has 0 unspecified atom stereocenters. The van der Waals surface area contributed by atoms with E-state index in [9.17, 15) is 23.3 Å². The average molecular weight is 382 g/mol. The maximum absolute atomic E-state index is 12.7. The van der Waals surface area contributed by atoms with Crippen LogP contribution in [0.5, 0.6) is 0 Å². The number of nitro benzene ring substituents is 1. The summed E-state index contributed by atoms with van der Waals surface area (Å²) in [5, 5.41) is 10.7. The molecule has 0 amide bonds. The van der Waals surface area contributed by atoms with Crippen molar-refractivity contribution in [2.45, 2.75) is 4.90 Å². The summed E-state index contributed by atoms with van der Waals surface area (Å²) in [6, 6.07) is 19.3. The van der Waals surface area contributed by atoms with Crippen molar-refractivity contribution in [1.82, 2.24) is 0 Å². The molecule has 0 heterocycles. The predicted molar refractivity (Wildman–Crippen MR) is 100 cm³/mol. The van der Waals surface area contributed by atoms with Crippen LogP contribution in [-0.4, -0.2) is 19.1 Å². The maximum Gasteiger partial charge on any atom is 0.269 e. The molecule has 0 radical (unpaired) electrons. The maximum atomic E-state index is 12.7. The summed E-state index contributed by atoms with van der Waals surface area (Å²) in [6.45, 7) is 0. The van der Waals surface area contributed by atoms with E-state index in [1.54, 1.807) is 42.5 Å². The third kappa shape index (κ3) is 4.01. The third-order valence-corrected chi connectivity index (χ3v) is 5.19. The highest BCUT2D eigenvalue weighted by molar-refractivity contribution is 7.92. The van der Waals surface area contributed by atoms with Crippen LogP contribution in [0.3, 0.4) is 0 Å². The van der Waals surface area contributed by atoms with Crippen LogP contribution >= 0.6 is 0 Å². The number of ketones is 1. The molecule has 1 N–H and O–H groups in total. The minimum absolute atomic E-state index is 0.129. The fourth-order valence-electron chi connectivity index (χ4n) is 2.47. The van der Waals surface area contributed by atoms with Gasteiger partial charge in [0.25, 0.3) is 15.7 Å². The van der Waals surface area contributed by atoms with Crippen LogP contribution in [-0.2, 0) is 10.0 Å². The minimum Gasteiger partial charge on any atom is -0.289 e. The summed E-state index contributed by atoms with van der Waals surface area (Å²) in [5.41, 5.74) is 0.548. The Labute approximate surface area is 155 Å². The molecule has 0 aliphatic rings. The van der Waals surface area contributed by atoms with Gasteiger partial charge in [-0.2, -0.15) is 0 Å². The van der Waals surface area contributed by atoms with E-state index >= 15 is 0 Å². The van der Waals surface area contributed by atoms with E-state index in [1.807, 2.05) is 0 Å². The van der Waals surface area contributed by atoms with E-state index in [-0.39, 0.29) is 27.6 Å². The fourth-order valence-corrected chi connectivity index (χ4v) is 3.55. The van der Waals surface area contributed by atoms with Crippen LogP contribution < -0.4 is 4.72 Å². The molecule has 8 heteroatoms. The van der Waals surface area contributed by atoms with Crippen LogP contribution in [0.4, 0.5) is 11.4 Å². The van der Waals surface area contributed by atoms with Crippen molar-refractivity contribution in [1.29, 1.82) is 0 Å². The molecule has 0 spiro atoms. The Bertz CT molecular complexity index is 1090. The first-order valence-electron chi connectivity index (χ1n) is 7.84. The molecule has 27 heavy (non-hydrogen) atoms. The molecule has 136 valence electrons. The summed E-state index contributed by atoms with van der Waals surface area (Å²) in [4.78, 5) is 22.7. The Balaban J connectivity index is 1.94. The van der Waals surface area contributed by atoms with Crippen LogP contribution in [0.25, 0.3) is 0 Å². The minimum atomic E-state index is -4.02. The molecular formula is C19H14N2O5S. The van der Waals surface area contributed by atoms with Crippen LogP contribution in [0.2, 0.25) is 0 Å². The lowest BCUT2D eigenvalue weighted by molar-refractivity contribution is -0.384. The number of nitro groups is 1. The number of hydrogen-bond donors (Lipinski definition) is 1. The third-order valence-electron chi connectivity index (χ3n) is 3.81. The van der Waals surface area contributed by atoms with Crippen LogP contribution in [0.1, 0.15) is 15.9 Å². The second-order valence-electron chi connectivity index (χ2n) is 5.60. The monoisotopic (exact) mass is 382 g/mol. The summed E-state index contributed by atoms with van der Waals surface area (Å²) in [7, 11) is -4.02. The van der Waals surface area contributed by atoms with Gasteiger partial charge in [0, 0.05) is 23.3 Å². The number of sulfonamides is 1. The molecule has 7 nitrogen and oxygen atoms in total. The topological polar surface area (TPSA) is 106 Å². The van der Waals surface area contributed by atoms with Gasteiger partial charge in [0.2, 0.25) is 0 Å². The van der Waals surface area contributed by atoms with E-state index in [0.29, 0.717) is 5.56 Å². The number of nitrogens with zero attached hydrogens (tertiary/aromatic N) is 1. The smallest absolute Gasteiger partial charge is 0.269 e. The Morgan fingerprint density at radius 3 is 2.07 bits per heavy atom. The molecule has 3 aromatic rings. The summed E-state index contributed by atoms with van der Waals surface area (Å²) in [6.07, 6.45) is 0. The highest BCUT2D eigenvalue weighted by Gasteiger charge is 2.20. The molecular weight excluding hydrogens is 368 g/mol. The lowest BCUT2D eigenvalue weighted by Crippen LogP contribution is -2.16. The Kier molecular flexibility index (Phi) is 5.00. The molecule has 0 aliphatic heterocycles. The zero-order valence-electron chi connectivity index (χ0n) is 13.9. The standard InChI is InChI=1S/C19H14N2O5S/c22-19(14-6-2-1-3-7-14)17-8-4-5-9-18(17)20-27(25,26)16-12-10-15(11-13-16)21(23)24/h1-13,20H. The van der Waals surface area contributed by atoms with Crippen molar-refractivity contribution in [2.24, 2.45) is 0 Å². The molecule has 3 rings (SSSR count). The first kappa shape index (κ1) is 18.3. The number of carbonyl (C=O) groups excluding carboxylic acids is 1. The number of para-hydroxylation sites is 1. The Hall–Kier alpha value is -3.52. The fraction of sp³-hybridized carbons (Fsp3) is 0. The number of rotatable bonds is 6. The van der Waals surface area contributed by atoms with Crippen molar-refractivity contribution >= 4 is 27.2 Å². The number of benzene rings is 3. The van der Waals surface area contributed by atoms with Gasteiger partial charge in [-0.3, -0.25) is 19.6 Å². The zero-order chi connectivity index (χ0) is 19.4. The average Bonchev–Trinajstić information content (AvgIpc) is 2.68. The van der Waals surface area contributed by atoms with E-state index in [1.165, 1.54) is 12.1 Å². The van der Waals surface area contributed by atoms with Gasteiger partial charge in [-0.05, 0) is 24.3 Å². The van der Waals surface area contributed by atoms with Crippen LogP contribution in [0.15, 0.2) is 83.8 Å². The van der Waals surface area contributed by atoms with E-state index in [0.717, 1.165) is 24.3 Å². The van der Waals surface area contributed by atoms with E-state index in [4.69, 9.17) is 0 Å². The van der Waals surface area contributed by atoms with Gasteiger partial charge in [0.05, 0.1) is 15.5 Å². The van der Waals surface area contributed by atoms with Crippen molar-refractivity contribution in [3.63, 3.8) is 0 Å². The molecule has 3 aromatic carbocycles. The van der Waals surface area contributed by atoms with Gasteiger partial charge in [-0.1, -0.05) is 42.5 Å². The van der Waals surface area contributed by atoms with E-state index in [2.05, 4.69) is 4.72 Å². The largest absolute Gasteiger partial charge is 0.289 e. The van der Waals surface area contributed by atoms with Crippen molar-refractivity contribution in [2.75, 3.05) is 4.72 Å². The summed E-state index contributed by atoms with van der Waals surface area (Å²) < 4.78 is 27.6. The SMILES string of the molecule is O=C(c1ccccc1)c1ccccc1NS(=O)(=O)c1ccc([N+](=O)[O-])cc1. The molecule has 0 bridgehead atoms. The normalized spacial score (nSPS) is 11.0. The molecule has 0 atom stereocenters. The second kappa shape index (κ2) is 7.38. The molecule has 0 aromatic heterocycles. The van der Waals surface area contributed by atoms with Gasteiger partial charge in [-0.15, -0.1) is 0 Å². The molecule has 0 saturated heterocycles. The first-order chi connectivity index (χ1) is 12.9. The van der Waals surface area contributed by atoms with Crippen molar-refractivity contribution in [3.8, 4) is 0 Å². The van der Waals surface area contributed by atoms with Crippen LogP contribution in [0, 0.1) is 10.1 Å². The number of carbonyl (C=O) groups is 1. The highest BCUT2D eigenvalue weighted by atomic mass is 32.2. The molecule has 0 fully saturated rings. The Morgan fingerprint density at radius 2 is 1.44 bits per heavy atom. The van der Waals surface area contributed by atoms with E-state index < -0.39 is 14.9 Å². The van der Waals surface area contributed by atoms with Gasteiger partial charge < -0.3 is 0 Å². The number of non-ortho nitro benzene ring substituents is 1. The first-order valence-corrected chi connectivity index (χ1v) is 9.33. The Morgan fingerprint density at radius 1 is 0.852 bits per heavy atom. The van der Waals surface area contributed by atoms with Gasteiger partial charge in [-0.25, -0.2) is 8.42 Å². The lowest BCUT2D eigenvalue weighted by Gasteiger charge is -2.12. The lowest BCUT2D eigenvalue weighted by atomic mass is 10.0. The quantitative estimate of drug-likeness (QED) is 0.398. The number of anilines is 1. The van der Waals surface area contributed by atoms with Gasteiger partial charge in [0.15, 0.2) is 5.78 Å². The summed E-state index contributed by atoms with van der Waals surface area (Å²) in [5.74, 6) is -0.322. The number of hydrogen-bond acceptors (Lipinski definition) is 5. The molecule has 0 saturated carbocycles. The van der Waals surface area contributed by atoms with Gasteiger partial charge >= 0.3 is 0 Å². The van der Waals surface area contributed by atoms with Crippen molar-refractivity contribution in [3.05, 3.63) is 100 Å². The van der Waals surface area contributed by atoms with Crippen molar-refractivity contribution < 1.29 is 18.1 Å². The number of nitrogens with one attached hydrogen (secondary N) is 1. The highest BCUT2D eigenvalue weighted by Crippen LogP contribution is 2.23. The van der Waals surface area contributed by atoms with Gasteiger partial charge in [0.1, 0.15) is 0 Å². The predicted octanol–water partition coefficient (Wildman–Crippen LogP) is 3.63. The summed E-state index contributed by atoms with van der Waals surface area (Å²) >= 11 is 0.